The van der Waals surface area contributed by atoms with Crippen LogP contribution in [-0.2, 0) is 17.6 Å². The van der Waals surface area contributed by atoms with Gasteiger partial charge in [0, 0.05) is 30.3 Å². The lowest BCUT2D eigenvalue weighted by molar-refractivity contribution is -0.126. The number of benzene rings is 2. The average molecular weight is 603 g/mol. The van der Waals surface area contributed by atoms with Gasteiger partial charge in [-0.3, -0.25) is 9.79 Å². The van der Waals surface area contributed by atoms with Crippen LogP contribution in [0.2, 0.25) is 0 Å². The van der Waals surface area contributed by atoms with Gasteiger partial charge in [0.25, 0.3) is 0 Å². The van der Waals surface area contributed by atoms with E-state index in [-0.39, 0.29) is 24.2 Å². The SMILES string of the molecule is CCCCC[C@@H](O)[C@@H](CCCCC)C(=O)CCc1ccc(O)c(OCN2C=C3C(Cc4cccc(C(N)N)c4)=CN=C3C2)c1. The smallest absolute Gasteiger partial charge is 0.163 e. The first-order chi connectivity index (χ1) is 21.3. The van der Waals surface area contributed by atoms with Gasteiger partial charge >= 0.3 is 0 Å². The molecule has 2 heterocycles. The van der Waals surface area contributed by atoms with Crippen LogP contribution in [0.3, 0.4) is 0 Å². The Balaban J connectivity index is 1.32. The molecule has 0 bridgehead atoms. The number of Topliss-reactive ketones (excluding diaryl/α,β-unsaturated/α-hetero) is 1. The van der Waals surface area contributed by atoms with Gasteiger partial charge in [0.2, 0.25) is 0 Å². The normalized spacial score (nSPS) is 15.6. The van der Waals surface area contributed by atoms with Crippen molar-refractivity contribution in [3.8, 4) is 11.5 Å². The van der Waals surface area contributed by atoms with Gasteiger partial charge in [0.05, 0.1) is 24.5 Å². The molecule has 44 heavy (non-hydrogen) atoms. The van der Waals surface area contributed by atoms with Crippen LogP contribution in [0, 0.1) is 5.92 Å². The fourth-order valence-corrected chi connectivity index (χ4v) is 5.96. The molecule has 238 valence electrons. The number of aliphatic hydroxyl groups is 1. The highest BCUT2D eigenvalue weighted by molar-refractivity contribution is 6.09. The van der Waals surface area contributed by atoms with Gasteiger partial charge in [-0.2, -0.15) is 0 Å². The third-order valence-corrected chi connectivity index (χ3v) is 8.60. The van der Waals surface area contributed by atoms with Crippen molar-refractivity contribution in [3.05, 3.63) is 82.7 Å². The highest BCUT2D eigenvalue weighted by Gasteiger charge is 2.27. The number of hydrogen-bond acceptors (Lipinski definition) is 8. The highest BCUT2D eigenvalue weighted by atomic mass is 16.5. The molecule has 2 atom stereocenters. The second-order valence-electron chi connectivity index (χ2n) is 12.2. The molecule has 0 fully saturated rings. The number of phenolic OH excluding ortho intramolecular Hbond substituents is 1. The van der Waals surface area contributed by atoms with E-state index in [1.165, 1.54) is 0 Å². The zero-order chi connectivity index (χ0) is 31.5. The number of ketones is 1. The molecule has 0 aromatic heterocycles. The van der Waals surface area contributed by atoms with E-state index < -0.39 is 12.3 Å². The maximum atomic E-state index is 13.2. The minimum atomic E-state index is -0.576. The van der Waals surface area contributed by atoms with Crippen LogP contribution in [0.15, 0.2) is 71.0 Å². The Labute approximate surface area is 262 Å². The maximum Gasteiger partial charge on any atom is 0.163 e. The van der Waals surface area contributed by atoms with E-state index in [9.17, 15) is 15.0 Å². The van der Waals surface area contributed by atoms with Crippen LogP contribution in [0.25, 0.3) is 0 Å². The number of aromatic hydroxyl groups is 1. The number of nitrogens with zero attached hydrogens (tertiary/aromatic N) is 2. The van der Waals surface area contributed by atoms with Crippen LogP contribution in [0.1, 0.15) is 94.5 Å². The van der Waals surface area contributed by atoms with Gasteiger partial charge in [-0.05, 0) is 60.1 Å². The molecule has 2 aliphatic heterocycles. The van der Waals surface area contributed by atoms with Crippen molar-refractivity contribution in [2.45, 2.75) is 96.7 Å². The summed E-state index contributed by atoms with van der Waals surface area (Å²) >= 11 is 0. The van der Waals surface area contributed by atoms with Crippen molar-refractivity contribution in [3.63, 3.8) is 0 Å². The van der Waals surface area contributed by atoms with Gasteiger partial charge in [-0.25, -0.2) is 0 Å². The topological polar surface area (TPSA) is 134 Å². The van der Waals surface area contributed by atoms with Gasteiger partial charge in [-0.1, -0.05) is 82.7 Å². The zero-order valence-electron chi connectivity index (χ0n) is 26.4. The van der Waals surface area contributed by atoms with E-state index in [2.05, 4.69) is 31.1 Å². The number of nitrogens with two attached hydrogens (primary N) is 2. The largest absolute Gasteiger partial charge is 0.504 e. The fourth-order valence-electron chi connectivity index (χ4n) is 5.96. The molecule has 4 rings (SSSR count). The summed E-state index contributed by atoms with van der Waals surface area (Å²) in [6.07, 6.45) is 12.2. The Bertz CT molecular complexity index is 1350. The van der Waals surface area contributed by atoms with Crippen LogP contribution < -0.4 is 16.2 Å². The quantitative estimate of drug-likeness (QED) is 0.113. The molecule has 6 N–H and O–H groups in total. The lowest BCUT2D eigenvalue weighted by atomic mass is 9.86. The summed E-state index contributed by atoms with van der Waals surface area (Å²) in [7, 11) is 0. The van der Waals surface area contributed by atoms with Crippen molar-refractivity contribution < 1.29 is 19.7 Å². The van der Waals surface area contributed by atoms with Gasteiger partial charge in [0.1, 0.15) is 5.78 Å². The van der Waals surface area contributed by atoms with Gasteiger partial charge in [0.15, 0.2) is 18.2 Å². The number of hydrogen-bond donors (Lipinski definition) is 4. The molecule has 2 aromatic carbocycles. The van der Waals surface area contributed by atoms with Crippen molar-refractivity contribution >= 4 is 11.5 Å². The number of fused-ring (bicyclic) bond motifs is 1. The summed E-state index contributed by atoms with van der Waals surface area (Å²) in [6, 6.07) is 13.3. The maximum absolute atomic E-state index is 13.2. The number of ether oxygens (including phenoxy) is 1. The van der Waals surface area contributed by atoms with Crippen molar-refractivity contribution in [1.82, 2.24) is 4.90 Å². The van der Waals surface area contributed by atoms with E-state index in [0.29, 0.717) is 31.6 Å². The zero-order valence-corrected chi connectivity index (χ0v) is 26.4. The predicted molar refractivity (Wildman–Crippen MR) is 176 cm³/mol. The van der Waals surface area contributed by atoms with E-state index in [0.717, 1.165) is 84.9 Å². The average Bonchev–Trinajstić information content (AvgIpc) is 3.59. The molecule has 8 heteroatoms. The number of unbranched alkanes of at least 4 members (excludes halogenated alkanes) is 4. The number of rotatable bonds is 19. The summed E-state index contributed by atoms with van der Waals surface area (Å²) in [5.41, 5.74) is 17.9. The predicted octanol–water partition coefficient (Wildman–Crippen LogP) is 6.06. The molecule has 0 amide bonds. The lowest BCUT2D eigenvalue weighted by Crippen LogP contribution is -2.28. The number of allylic oxidation sites excluding steroid dienone is 1. The lowest BCUT2D eigenvalue weighted by Gasteiger charge is -2.22. The molecular formula is C36H50N4O4. The van der Waals surface area contributed by atoms with Crippen LogP contribution >= 0.6 is 0 Å². The number of carbonyl (C=O) groups excluding carboxylic acids is 1. The highest BCUT2D eigenvalue weighted by Crippen LogP contribution is 2.31. The second kappa shape index (κ2) is 16.6. The molecular weight excluding hydrogens is 552 g/mol. The van der Waals surface area contributed by atoms with Crippen molar-refractivity contribution in [2.24, 2.45) is 22.4 Å². The number of aliphatic imine (C=N–C) groups is 1. The molecule has 2 aromatic rings. The molecule has 0 spiro atoms. The van der Waals surface area contributed by atoms with E-state index >= 15 is 0 Å². The van der Waals surface area contributed by atoms with E-state index in [1.54, 1.807) is 6.07 Å². The first-order valence-electron chi connectivity index (χ1n) is 16.3. The second-order valence-corrected chi connectivity index (χ2v) is 12.2. The van der Waals surface area contributed by atoms with Crippen molar-refractivity contribution in [1.29, 1.82) is 0 Å². The minimum absolute atomic E-state index is 0.0619. The van der Waals surface area contributed by atoms with Crippen molar-refractivity contribution in [2.75, 3.05) is 13.3 Å². The van der Waals surface area contributed by atoms with Crippen LogP contribution in [0.5, 0.6) is 11.5 Å². The molecule has 0 saturated carbocycles. The Kier molecular flexibility index (Phi) is 12.6. The third kappa shape index (κ3) is 9.27. The Morgan fingerprint density at radius 3 is 2.55 bits per heavy atom. The summed E-state index contributed by atoms with van der Waals surface area (Å²) in [5, 5.41) is 21.3. The Morgan fingerprint density at radius 1 is 1.02 bits per heavy atom. The van der Waals surface area contributed by atoms with Crippen LogP contribution in [0.4, 0.5) is 0 Å². The Morgan fingerprint density at radius 2 is 1.80 bits per heavy atom. The fraction of sp³-hybridized carbons (Fsp3) is 0.500. The Hall–Kier alpha value is -3.46. The number of carbonyl (C=O) groups is 1. The number of phenols is 1. The monoisotopic (exact) mass is 602 g/mol. The standard InChI is InChI=1S/C36H50N4O4/c1-3-5-7-12-29(32(41)13-8-6-4-2)33(42)16-14-25-15-17-34(43)35(20-25)44-24-40-22-30-28(21-39-31(30)23-40)19-26-10-9-11-27(18-26)36(37)38/h9-11,15,17-18,20-22,29,32,36,41,43H,3-8,12-14,16,19,23-24,37-38H2,1-2H3/t29-,32-/m1/s1. The van der Waals surface area contributed by atoms with Gasteiger partial charge in [-0.15, -0.1) is 0 Å². The van der Waals surface area contributed by atoms with E-state index in [4.69, 9.17) is 16.2 Å². The van der Waals surface area contributed by atoms with Gasteiger partial charge < -0.3 is 31.3 Å². The third-order valence-electron chi connectivity index (χ3n) is 8.60. The molecule has 2 aliphatic rings. The molecule has 0 radical (unpaired) electrons. The molecule has 8 nitrogen and oxygen atoms in total. The summed E-state index contributed by atoms with van der Waals surface area (Å²) in [6.45, 7) is 5.17. The first kappa shape index (κ1) is 33.4. The minimum Gasteiger partial charge on any atom is -0.504 e. The van der Waals surface area contributed by atoms with E-state index in [1.807, 2.05) is 41.4 Å². The summed E-state index contributed by atoms with van der Waals surface area (Å²) in [4.78, 5) is 19.9. The summed E-state index contributed by atoms with van der Waals surface area (Å²) in [5.74, 6) is 0.264. The number of aliphatic hydroxyl groups excluding tert-OH is 1. The molecule has 0 saturated heterocycles. The molecule has 0 aliphatic carbocycles. The number of aryl methyl sites for hydroxylation is 1. The van der Waals surface area contributed by atoms with Crippen LogP contribution in [-0.4, -0.2) is 46.0 Å². The summed E-state index contributed by atoms with van der Waals surface area (Å²) < 4.78 is 6.04. The first-order valence-corrected chi connectivity index (χ1v) is 16.3. The molecule has 0 unspecified atom stereocenters.